The Kier molecular flexibility index (Phi) is 10.9. The van der Waals surface area contributed by atoms with Crippen molar-refractivity contribution < 1.29 is 54.9 Å². The summed E-state index contributed by atoms with van der Waals surface area (Å²) in [5.41, 5.74) is -2.86. The summed E-state index contributed by atoms with van der Waals surface area (Å²) in [6, 6.07) is 2.56. The van der Waals surface area contributed by atoms with Crippen LogP contribution in [0.25, 0.3) is 0 Å². The summed E-state index contributed by atoms with van der Waals surface area (Å²) in [7, 11) is 6.20. The van der Waals surface area contributed by atoms with E-state index in [9.17, 15) is 35.9 Å². The van der Waals surface area contributed by atoms with E-state index in [4.69, 9.17) is 18.9 Å². The fourth-order valence-corrected chi connectivity index (χ4v) is 4.93. The summed E-state index contributed by atoms with van der Waals surface area (Å²) < 4.78 is 103. The number of anilines is 1. The number of benzene rings is 2. The lowest BCUT2D eigenvalue weighted by Crippen LogP contribution is -2.48. The number of likely N-dealkylation sites (N-methyl/N-ethyl adjacent to an activating group) is 1. The van der Waals surface area contributed by atoms with Crippen molar-refractivity contribution in [2.24, 2.45) is 0 Å². The Morgan fingerprint density at radius 2 is 1.48 bits per heavy atom. The molecule has 3 rings (SSSR count). The second-order valence-corrected chi connectivity index (χ2v) is 10.4. The van der Waals surface area contributed by atoms with E-state index < -0.39 is 59.9 Å². The lowest BCUT2D eigenvalue weighted by Gasteiger charge is -2.43. The zero-order valence-electron chi connectivity index (χ0n) is 25.1. The second kappa shape index (κ2) is 13.8. The van der Waals surface area contributed by atoms with Gasteiger partial charge in [-0.2, -0.15) is 26.3 Å². The first kappa shape index (κ1) is 34.6. The Morgan fingerprint density at radius 3 is 1.98 bits per heavy atom. The van der Waals surface area contributed by atoms with Crippen LogP contribution in [0.15, 0.2) is 30.3 Å². The molecule has 1 heterocycles. The molecule has 2 aromatic carbocycles. The van der Waals surface area contributed by atoms with Crippen LogP contribution in [-0.2, 0) is 28.4 Å². The lowest BCUT2D eigenvalue weighted by molar-refractivity contribution is -0.143. The van der Waals surface area contributed by atoms with Gasteiger partial charge in [0.2, 0.25) is 0 Å². The molecule has 0 spiro atoms. The molecule has 1 aliphatic rings. The summed E-state index contributed by atoms with van der Waals surface area (Å²) in [5, 5.41) is 0. The molecule has 1 aliphatic heterocycles. The number of methoxy groups -OCH3 is 2. The number of amides is 2. The Bertz CT molecular complexity index is 1300. The molecule has 244 valence electrons. The number of fused-ring (bicyclic) bond motifs is 1. The van der Waals surface area contributed by atoms with Gasteiger partial charge in [0.05, 0.1) is 43.7 Å². The molecular weight excluding hydrogens is 600 g/mol. The number of carbonyl (C=O) groups excluding carboxylic acids is 2. The van der Waals surface area contributed by atoms with Gasteiger partial charge >= 0.3 is 24.5 Å². The fourth-order valence-electron chi connectivity index (χ4n) is 4.93. The summed E-state index contributed by atoms with van der Waals surface area (Å²) >= 11 is 0. The van der Waals surface area contributed by atoms with Crippen molar-refractivity contribution in [2.75, 3.05) is 53.0 Å². The zero-order valence-corrected chi connectivity index (χ0v) is 25.1. The molecule has 0 aliphatic carbocycles. The maximum atomic E-state index is 13.7. The first-order valence-corrected chi connectivity index (χ1v) is 13.6. The number of rotatable bonds is 9. The van der Waals surface area contributed by atoms with Gasteiger partial charge in [-0.1, -0.05) is 0 Å². The van der Waals surface area contributed by atoms with Crippen molar-refractivity contribution in [3.05, 3.63) is 52.6 Å². The fraction of sp³-hybridized carbons (Fsp3) is 0.517. The Balaban J connectivity index is 2.22. The number of ether oxygens (including phenoxy) is 4. The van der Waals surface area contributed by atoms with Crippen LogP contribution in [-0.4, -0.2) is 76.1 Å². The summed E-state index contributed by atoms with van der Waals surface area (Å²) in [5.74, 6) is 0.454. The molecule has 0 fully saturated rings. The number of halogens is 6. The highest BCUT2D eigenvalue weighted by molar-refractivity contribution is 5.91. The molecule has 15 heteroatoms. The molecule has 2 atom stereocenters. The molecule has 0 saturated carbocycles. The number of hydrogen-bond acceptors (Lipinski definition) is 7. The molecular formula is C29H35F6N3O6. The average molecular weight is 636 g/mol. The van der Waals surface area contributed by atoms with Gasteiger partial charge in [-0.15, -0.1) is 0 Å². The topological polar surface area (TPSA) is 80.8 Å². The smallest absolute Gasteiger partial charge is 0.416 e. The van der Waals surface area contributed by atoms with Gasteiger partial charge in [-0.3, -0.25) is 9.80 Å². The number of carbonyl (C=O) groups is 2. The maximum Gasteiger partial charge on any atom is 0.416 e. The van der Waals surface area contributed by atoms with Crippen molar-refractivity contribution >= 4 is 17.9 Å². The van der Waals surface area contributed by atoms with Gasteiger partial charge in [0.25, 0.3) is 0 Å². The standard InChI is InChI=1S/C29H35F6N3O6/c1-7-43-27(40)38-17(2)10-22(21-14-24(41-5)25(42-6)15-23(21)38)37(26(39)44-9-8-36(3)4)16-18-11-19(28(30,31)32)13-20(12-18)29(33,34)35/h11-15,17,22H,7-10,16H2,1-6H3/t17-,22+/m0/s1. The van der Waals surface area contributed by atoms with Crippen LogP contribution in [0.1, 0.15) is 48.6 Å². The van der Waals surface area contributed by atoms with E-state index in [1.54, 1.807) is 32.8 Å². The molecule has 0 saturated heterocycles. The van der Waals surface area contributed by atoms with Crippen molar-refractivity contribution in [1.82, 2.24) is 9.80 Å². The Morgan fingerprint density at radius 1 is 0.909 bits per heavy atom. The van der Waals surface area contributed by atoms with Gasteiger partial charge in [0.15, 0.2) is 11.5 Å². The predicted molar refractivity (Wildman–Crippen MR) is 148 cm³/mol. The lowest BCUT2D eigenvalue weighted by atomic mass is 9.90. The van der Waals surface area contributed by atoms with E-state index in [2.05, 4.69) is 0 Å². The van der Waals surface area contributed by atoms with E-state index in [-0.39, 0.29) is 42.9 Å². The molecule has 2 aromatic rings. The monoisotopic (exact) mass is 635 g/mol. The molecule has 0 unspecified atom stereocenters. The highest BCUT2D eigenvalue weighted by Crippen LogP contribution is 2.47. The summed E-state index contributed by atoms with van der Waals surface area (Å²) in [6.45, 7) is 2.90. The molecule has 0 N–H and O–H groups in total. The van der Waals surface area contributed by atoms with Gasteiger partial charge in [-0.25, -0.2) is 9.59 Å². The van der Waals surface area contributed by atoms with Crippen molar-refractivity contribution in [2.45, 2.75) is 51.2 Å². The average Bonchev–Trinajstić information content (AvgIpc) is 2.93. The zero-order chi connectivity index (χ0) is 33.0. The van der Waals surface area contributed by atoms with Gasteiger partial charge in [0.1, 0.15) is 6.61 Å². The van der Waals surface area contributed by atoms with E-state index >= 15 is 0 Å². The van der Waals surface area contributed by atoms with Crippen LogP contribution in [0.4, 0.5) is 41.6 Å². The molecule has 0 radical (unpaired) electrons. The molecule has 2 amide bonds. The van der Waals surface area contributed by atoms with Crippen molar-refractivity contribution in [1.29, 1.82) is 0 Å². The SMILES string of the molecule is CCOC(=O)N1c2cc(OC)c(OC)cc2[C@H](N(Cc2cc(C(F)(F)F)cc(C(F)(F)F)c2)C(=O)OCCN(C)C)C[C@@H]1C. The Labute approximate surface area is 251 Å². The molecule has 0 bridgehead atoms. The highest BCUT2D eigenvalue weighted by Gasteiger charge is 2.42. The third kappa shape index (κ3) is 7.98. The first-order valence-electron chi connectivity index (χ1n) is 13.6. The van der Waals surface area contributed by atoms with Gasteiger partial charge in [0, 0.05) is 30.8 Å². The van der Waals surface area contributed by atoms with Crippen LogP contribution >= 0.6 is 0 Å². The number of nitrogens with zero attached hydrogens (tertiary/aromatic N) is 3. The van der Waals surface area contributed by atoms with E-state index in [0.717, 1.165) is 4.90 Å². The van der Waals surface area contributed by atoms with Crippen LogP contribution < -0.4 is 14.4 Å². The minimum absolute atomic E-state index is 0.0234. The number of alkyl halides is 6. The predicted octanol–water partition coefficient (Wildman–Crippen LogP) is 6.74. The second-order valence-electron chi connectivity index (χ2n) is 10.4. The van der Waals surface area contributed by atoms with Crippen LogP contribution in [0.5, 0.6) is 11.5 Å². The minimum atomic E-state index is -5.08. The Hall–Kier alpha value is -3.88. The van der Waals surface area contributed by atoms with Gasteiger partial charge < -0.3 is 23.8 Å². The van der Waals surface area contributed by atoms with Crippen molar-refractivity contribution in [3.8, 4) is 11.5 Å². The first-order chi connectivity index (χ1) is 20.5. The third-order valence-corrected chi connectivity index (χ3v) is 7.00. The van der Waals surface area contributed by atoms with E-state index in [0.29, 0.717) is 24.2 Å². The van der Waals surface area contributed by atoms with Crippen LogP contribution in [0.3, 0.4) is 0 Å². The molecule has 9 nitrogen and oxygen atoms in total. The number of hydrogen-bond donors (Lipinski definition) is 0. The molecule has 0 aromatic heterocycles. The van der Waals surface area contributed by atoms with E-state index in [1.165, 1.54) is 31.3 Å². The minimum Gasteiger partial charge on any atom is -0.493 e. The van der Waals surface area contributed by atoms with Crippen LogP contribution in [0.2, 0.25) is 0 Å². The van der Waals surface area contributed by atoms with Crippen molar-refractivity contribution in [3.63, 3.8) is 0 Å². The largest absolute Gasteiger partial charge is 0.493 e. The maximum absolute atomic E-state index is 13.7. The third-order valence-electron chi connectivity index (χ3n) is 7.00. The molecule has 44 heavy (non-hydrogen) atoms. The normalized spacial score (nSPS) is 16.8. The quantitative estimate of drug-likeness (QED) is 0.283. The van der Waals surface area contributed by atoms with Crippen LogP contribution in [0, 0.1) is 0 Å². The summed E-state index contributed by atoms with van der Waals surface area (Å²) in [6.07, 6.45) is -11.8. The summed E-state index contributed by atoms with van der Waals surface area (Å²) in [4.78, 5) is 30.7. The highest BCUT2D eigenvalue weighted by atomic mass is 19.4. The van der Waals surface area contributed by atoms with E-state index in [1.807, 2.05) is 0 Å². The van der Waals surface area contributed by atoms with Gasteiger partial charge in [-0.05, 0) is 64.2 Å².